The number of hydrogen-bond donors (Lipinski definition) is 0. The van der Waals surface area contributed by atoms with Crippen LogP contribution in [0.1, 0.15) is 10.4 Å². The Hall–Kier alpha value is -2.15. The van der Waals surface area contributed by atoms with E-state index in [9.17, 15) is 4.79 Å². The molecular formula is C13H18O7. The van der Waals surface area contributed by atoms with Gasteiger partial charge < -0.3 is 28.4 Å². The molecule has 0 spiro atoms. The summed E-state index contributed by atoms with van der Waals surface area (Å²) in [4.78, 5) is 11.4. The second kappa shape index (κ2) is 7.44. The molecule has 0 N–H and O–H groups in total. The molecule has 0 saturated carbocycles. The van der Waals surface area contributed by atoms with Crippen LogP contribution < -0.4 is 23.7 Å². The monoisotopic (exact) mass is 286 g/mol. The number of hydrogen-bond acceptors (Lipinski definition) is 7. The van der Waals surface area contributed by atoms with Gasteiger partial charge in [0.2, 0.25) is 17.2 Å². The van der Waals surface area contributed by atoms with Gasteiger partial charge in [0, 0.05) is 7.11 Å². The largest absolute Gasteiger partial charge is 0.492 e. The lowest BCUT2D eigenvalue weighted by molar-refractivity contribution is 0.0479. The molecule has 1 aromatic carbocycles. The molecular weight excluding hydrogens is 268 g/mol. The van der Waals surface area contributed by atoms with E-state index in [1.54, 1.807) is 0 Å². The molecule has 1 rings (SSSR count). The van der Waals surface area contributed by atoms with Crippen LogP contribution in [0, 0.1) is 0 Å². The number of carbonyl (C=O) groups is 1. The lowest BCUT2D eigenvalue weighted by Crippen LogP contribution is -2.08. The van der Waals surface area contributed by atoms with Gasteiger partial charge in [0.1, 0.15) is 5.56 Å². The lowest BCUT2D eigenvalue weighted by Gasteiger charge is -2.20. The summed E-state index contributed by atoms with van der Waals surface area (Å²) < 4.78 is 31.2. The summed E-state index contributed by atoms with van der Waals surface area (Å²) in [5, 5.41) is 0. The van der Waals surface area contributed by atoms with Crippen molar-refractivity contribution in [3.05, 3.63) is 5.56 Å². The first-order valence-electron chi connectivity index (χ1n) is 5.66. The molecule has 0 fully saturated rings. The summed E-state index contributed by atoms with van der Waals surface area (Å²) in [5.41, 5.74) is 0.152. The highest BCUT2D eigenvalue weighted by atomic mass is 16.7. The Morgan fingerprint density at radius 1 is 0.750 bits per heavy atom. The Morgan fingerprint density at radius 2 is 1.20 bits per heavy atom. The van der Waals surface area contributed by atoms with E-state index < -0.39 is 0 Å². The van der Waals surface area contributed by atoms with Crippen molar-refractivity contribution < 1.29 is 33.2 Å². The standard InChI is InChI=1S/C13H18O7/c1-15-7-20-10-8(6-14)9(16-2)11(17-3)13(19-5)12(10)18-4/h6H,7H2,1-5H3. The number of carbonyl (C=O) groups excluding carboxylic acids is 1. The molecule has 0 amide bonds. The third-order valence-corrected chi connectivity index (χ3v) is 2.57. The van der Waals surface area contributed by atoms with Crippen molar-refractivity contribution in [2.75, 3.05) is 42.3 Å². The quantitative estimate of drug-likeness (QED) is 0.530. The maximum Gasteiger partial charge on any atom is 0.211 e. The summed E-state index contributed by atoms with van der Waals surface area (Å²) in [6.07, 6.45) is 0.592. The van der Waals surface area contributed by atoms with Crippen LogP contribution in [-0.4, -0.2) is 48.6 Å². The summed E-state index contributed by atoms with van der Waals surface area (Å²) in [7, 11) is 7.19. The van der Waals surface area contributed by atoms with Gasteiger partial charge in [-0.2, -0.15) is 0 Å². The van der Waals surface area contributed by atoms with Crippen molar-refractivity contribution in [3.63, 3.8) is 0 Å². The van der Waals surface area contributed by atoms with Crippen molar-refractivity contribution in [1.29, 1.82) is 0 Å². The zero-order chi connectivity index (χ0) is 15.1. The van der Waals surface area contributed by atoms with Crippen LogP contribution in [0.5, 0.6) is 28.7 Å². The van der Waals surface area contributed by atoms with Crippen LogP contribution in [-0.2, 0) is 4.74 Å². The summed E-state index contributed by atoms with van der Waals surface area (Å²) in [6, 6.07) is 0. The molecule has 0 radical (unpaired) electrons. The van der Waals surface area contributed by atoms with Gasteiger partial charge in [0.25, 0.3) is 0 Å². The Morgan fingerprint density at radius 3 is 1.60 bits per heavy atom. The average molecular weight is 286 g/mol. The van der Waals surface area contributed by atoms with E-state index in [1.807, 2.05) is 0 Å². The summed E-state index contributed by atoms with van der Waals surface area (Å²) >= 11 is 0. The molecule has 0 unspecified atom stereocenters. The number of rotatable bonds is 8. The average Bonchev–Trinajstić information content (AvgIpc) is 2.49. The Bertz CT molecular complexity index is 471. The maximum atomic E-state index is 11.4. The van der Waals surface area contributed by atoms with Crippen molar-refractivity contribution in [3.8, 4) is 28.7 Å². The maximum absolute atomic E-state index is 11.4. The van der Waals surface area contributed by atoms with E-state index in [-0.39, 0.29) is 41.1 Å². The lowest BCUT2D eigenvalue weighted by atomic mass is 10.1. The van der Waals surface area contributed by atoms with Crippen LogP contribution in [0.4, 0.5) is 0 Å². The van der Waals surface area contributed by atoms with E-state index >= 15 is 0 Å². The Balaban J connectivity index is 3.65. The van der Waals surface area contributed by atoms with E-state index in [0.29, 0.717) is 6.29 Å². The van der Waals surface area contributed by atoms with Gasteiger partial charge in [-0.3, -0.25) is 4.79 Å². The second-order valence-corrected chi connectivity index (χ2v) is 3.54. The molecule has 7 heteroatoms. The van der Waals surface area contributed by atoms with E-state index in [0.717, 1.165) is 0 Å². The molecule has 0 aliphatic heterocycles. The van der Waals surface area contributed by atoms with Crippen molar-refractivity contribution in [1.82, 2.24) is 0 Å². The smallest absolute Gasteiger partial charge is 0.211 e. The first-order chi connectivity index (χ1) is 9.69. The van der Waals surface area contributed by atoms with Crippen LogP contribution in [0.15, 0.2) is 0 Å². The topological polar surface area (TPSA) is 72.5 Å². The van der Waals surface area contributed by atoms with Gasteiger partial charge >= 0.3 is 0 Å². The zero-order valence-electron chi connectivity index (χ0n) is 12.1. The molecule has 0 heterocycles. The van der Waals surface area contributed by atoms with Gasteiger partial charge in [0.05, 0.1) is 28.4 Å². The third kappa shape index (κ3) is 2.72. The van der Waals surface area contributed by atoms with Gasteiger partial charge in [0.15, 0.2) is 24.6 Å². The van der Waals surface area contributed by atoms with E-state index in [4.69, 9.17) is 28.4 Å². The van der Waals surface area contributed by atoms with Crippen molar-refractivity contribution in [2.45, 2.75) is 0 Å². The van der Waals surface area contributed by atoms with Gasteiger partial charge in [-0.15, -0.1) is 0 Å². The Labute approximate surface area is 117 Å². The first kappa shape index (κ1) is 15.9. The normalized spacial score (nSPS) is 9.85. The minimum atomic E-state index is -0.0597. The van der Waals surface area contributed by atoms with Crippen LogP contribution in [0.3, 0.4) is 0 Å². The SMILES string of the molecule is COCOc1c(C=O)c(OC)c(OC)c(OC)c1OC. The fourth-order valence-electron chi connectivity index (χ4n) is 1.78. The molecule has 112 valence electrons. The zero-order valence-corrected chi connectivity index (χ0v) is 12.1. The highest BCUT2D eigenvalue weighted by molar-refractivity contribution is 5.90. The number of benzene rings is 1. The molecule has 0 bridgehead atoms. The van der Waals surface area contributed by atoms with E-state index in [2.05, 4.69) is 0 Å². The molecule has 20 heavy (non-hydrogen) atoms. The van der Waals surface area contributed by atoms with Gasteiger partial charge in [-0.05, 0) is 0 Å². The second-order valence-electron chi connectivity index (χ2n) is 3.54. The van der Waals surface area contributed by atoms with Gasteiger partial charge in [-0.1, -0.05) is 0 Å². The molecule has 0 saturated heterocycles. The molecule has 0 aliphatic carbocycles. The molecule has 0 atom stereocenters. The van der Waals surface area contributed by atoms with Crippen LogP contribution in [0.2, 0.25) is 0 Å². The molecule has 1 aromatic rings. The van der Waals surface area contributed by atoms with Gasteiger partial charge in [-0.25, -0.2) is 0 Å². The highest BCUT2D eigenvalue weighted by Gasteiger charge is 2.28. The predicted molar refractivity (Wildman–Crippen MR) is 70.5 cm³/mol. The molecule has 7 nitrogen and oxygen atoms in total. The van der Waals surface area contributed by atoms with Crippen molar-refractivity contribution in [2.24, 2.45) is 0 Å². The molecule has 0 aliphatic rings. The van der Waals surface area contributed by atoms with Crippen LogP contribution >= 0.6 is 0 Å². The first-order valence-corrected chi connectivity index (χ1v) is 5.66. The third-order valence-electron chi connectivity index (χ3n) is 2.57. The predicted octanol–water partition coefficient (Wildman–Crippen LogP) is 1.52. The number of ether oxygens (including phenoxy) is 6. The Kier molecular flexibility index (Phi) is 5.92. The fraction of sp³-hybridized carbons (Fsp3) is 0.462. The minimum Gasteiger partial charge on any atom is -0.492 e. The fourth-order valence-corrected chi connectivity index (χ4v) is 1.78. The van der Waals surface area contributed by atoms with Crippen LogP contribution in [0.25, 0.3) is 0 Å². The van der Waals surface area contributed by atoms with Crippen molar-refractivity contribution >= 4 is 6.29 Å². The van der Waals surface area contributed by atoms with E-state index in [1.165, 1.54) is 35.5 Å². The number of aldehydes is 1. The molecule has 0 aromatic heterocycles. The summed E-state index contributed by atoms with van der Waals surface area (Å²) in [5.74, 6) is 1.11. The summed E-state index contributed by atoms with van der Waals surface area (Å²) in [6.45, 7) is -0.0597. The highest BCUT2D eigenvalue weighted by Crippen LogP contribution is 2.52. The number of methoxy groups -OCH3 is 5. The minimum absolute atomic E-state index is 0.0597.